The van der Waals surface area contributed by atoms with Crippen molar-refractivity contribution >= 4 is 5.91 Å². The van der Waals surface area contributed by atoms with E-state index in [1.807, 2.05) is 23.2 Å². The molecule has 0 aliphatic carbocycles. The molecule has 26 heavy (non-hydrogen) atoms. The molecule has 3 fully saturated rings. The first kappa shape index (κ1) is 17.9. The normalized spacial score (nSPS) is 31.8. The van der Waals surface area contributed by atoms with Crippen LogP contribution in [0.5, 0.6) is 0 Å². The lowest BCUT2D eigenvalue weighted by atomic mass is 9.88. The maximum absolute atomic E-state index is 12.7. The first-order valence-electron chi connectivity index (χ1n) is 9.80. The van der Waals surface area contributed by atoms with Crippen LogP contribution in [0.4, 0.5) is 0 Å². The Balaban J connectivity index is 1.36. The van der Waals surface area contributed by atoms with E-state index >= 15 is 0 Å². The van der Waals surface area contributed by atoms with Crippen molar-refractivity contribution in [2.24, 2.45) is 0 Å². The standard InChI is InChI=1S/C20H29N3O3/c1-22(13-16-6-2-3-9-21-16)17-12-20(26-14-17)8-5-10-23(15-20)19(24)18-7-4-11-25-18/h2-3,6,9,17-18H,4-5,7-8,10-15H2,1H3/t17?,18-,20?/m0/s1. The molecule has 4 rings (SSSR count). The molecule has 6 heteroatoms. The highest BCUT2D eigenvalue weighted by atomic mass is 16.5. The Labute approximate surface area is 155 Å². The topological polar surface area (TPSA) is 54.9 Å². The Morgan fingerprint density at radius 3 is 3.12 bits per heavy atom. The van der Waals surface area contributed by atoms with Crippen LogP contribution in [0.15, 0.2) is 24.4 Å². The van der Waals surface area contributed by atoms with Gasteiger partial charge in [-0.3, -0.25) is 14.7 Å². The van der Waals surface area contributed by atoms with E-state index in [-0.39, 0.29) is 17.6 Å². The van der Waals surface area contributed by atoms with Crippen LogP contribution >= 0.6 is 0 Å². The van der Waals surface area contributed by atoms with Crippen LogP contribution in [0.2, 0.25) is 0 Å². The Kier molecular flexibility index (Phi) is 5.25. The molecule has 4 heterocycles. The van der Waals surface area contributed by atoms with Crippen molar-refractivity contribution in [1.82, 2.24) is 14.8 Å². The third-order valence-corrected chi connectivity index (χ3v) is 6.01. The van der Waals surface area contributed by atoms with Crippen molar-refractivity contribution in [2.45, 2.75) is 56.4 Å². The number of likely N-dealkylation sites (tertiary alicyclic amines) is 1. The van der Waals surface area contributed by atoms with Gasteiger partial charge in [-0.15, -0.1) is 0 Å². The quantitative estimate of drug-likeness (QED) is 0.821. The Morgan fingerprint density at radius 2 is 2.35 bits per heavy atom. The number of ether oxygens (including phenoxy) is 2. The van der Waals surface area contributed by atoms with Crippen LogP contribution in [0, 0.1) is 0 Å². The summed E-state index contributed by atoms with van der Waals surface area (Å²) in [6, 6.07) is 6.40. The number of carbonyl (C=O) groups is 1. The highest BCUT2D eigenvalue weighted by Gasteiger charge is 2.46. The van der Waals surface area contributed by atoms with Gasteiger partial charge in [0, 0.05) is 38.5 Å². The second kappa shape index (κ2) is 7.62. The number of pyridine rings is 1. The SMILES string of the molecule is CN(Cc1ccccn1)C1COC2(CCCN(C(=O)[C@@H]3CCCO3)C2)C1. The predicted molar refractivity (Wildman–Crippen MR) is 97.6 cm³/mol. The number of hydrogen-bond acceptors (Lipinski definition) is 5. The Morgan fingerprint density at radius 1 is 1.42 bits per heavy atom. The number of likely N-dealkylation sites (N-methyl/N-ethyl adjacent to an activating group) is 1. The smallest absolute Gasteiger partial charge is 0.251 e. The second-order valence-electron chi connectivity index (χ2n) is 7.95. The number of amides is 1. The van der Waals surface area contributed by atoms with E-state index in [0.29, 0.717) is 19.2 Å². The van der Waals surface area contributed by atoms with Gasteiger partial charge in [-0.1, -0.05) is 6.07 Å². The van der Waals surface area contributed by atoms with Crippen LogP contribution in [-0.2, 0) is 20.8 Å². The largest absolute Gasteiger partial charge is 0.371 e. The van der Waals surface area contributed by atoms with Crippen LogP contribution in [0.25, 0.3) is 0 Å². The van der Waals surface area contributed by atoms with Gasteiger partial charge in [0.2, 0.25) is 0 Å². The molecule has 6 nitrogen and oxygen atoms in total. The van der Waals surface area contributed by atoms with Gasteiger partial charge in [-0.2, -0.15) is 0 Å². The number of hydrogen-bond donors (Lipinski definition) is 0. The van der Waals surface area contributed by atoms with Crippen molar-refractivity contribution in [3.8, 4) is 0 Å². The van der Waals surface area contributed by atoms with Crippen molar-refractivity contribution in [1.29, 1.82) is 0 Å². The van der Waals surface area contributed by atoms with Crippen LogP contribution in [-0.4, -0.2) is 71.8 Å². The molecule has 3 aliphatic heterocycles. The summed E-state index contributed by atoms with van der Waals surface area (Å²) in [7, 11) is 2.14. The average molecular weight is 359 g/mol. The van der Waals surface area contributed by atoms with Crippen molar-refractivity contribution in [2.75, 3.05) is 33.4 Å². The van der Waals surface area contributed by atoms with Gasteiger partial charge in [0.05, 0.1) is 17.9 Å². The van der Waals surface area contributed by atoms with E-state index in [2.05, 4.69) is 23.0 Å². The maximum Gasteiger partial charge on any atom is 0.251 e. The summed E-state index contributed by atoms with van der Waals surface area (Å²) in [6.07, 6.45) is 6.49. The third kappa shape index (κ3) is 3.77. The molecule has 0 saturated carbocycles. The second-order valence-corrected chi connectivity index (χ2v) is 7.95. The van der Waals surface area contributed by atoms with Gasteiger partial charge in [0.15, 0.2) is 0 Å². The predicted octanol–water partition coefficient (Wildman–Crippen LogP) is 1.84. The van der Waals surface area contributed by atoms with Crippen molar-refractivity contribution < 1.29 is 14.3 Å². The number of rotatable bonds is 4. The van der Waals surface area contributed by atoms with Crippen LogP contribution in [0.3, 0.4) is 0 Å². The summed E-state index contributed by atoms with van der Waals surface area (Å²) in [5, 5.41) is 0. The summed E-state index contributed by atoms with van der Waals surface area (Å²) >= 11 is 0. The molecule has 3 atom stereocenters. The molecule has 0 N–H and O–H groups in total. The van der Waals surface area contributed by atoms with Gasteiger partial charge in [-0.25, -0.2) is 0 Å². The molecular weight excluding hydrogens is 330 g/mol. The molecule has 0 aromatic carbocycles. The van der Waals surface area contributed by atoms with Crippen LogP contribution in [0.1, 0.15) is 37.8 Å². The number of nitrogens with zero attached hydrogens (tertiary/aromatic N) is 3. The lowest BCUT2D eigenvalue weighted by molar-refractivity contribution is -0.148. The summed E-state index contributed by atoms with van der Waals surface area (Å²) < 4.78 is 11.9. The van der Waals surface area contributed by atoms with E-state index in [1.54, 1.807) is 0 Å². The zero-order valence-corrected chi connectivity index (χ0v) is 15.6. The minimum atomic E-state index is -0.228. The molecule has 3 aliphatic rings. The Hall–Kier alpha value is -1.50. The van der Waals surface area contributed by atoms with Gasteiger partial charge in [0.1, 0.15) is 6.10 Å². The number of aromatic nitrogens is 1. The number of carbonyl (C=O) groups excluding carboxylic acids is 1. The highest BCUT2D eigenvalue weighted by molar-refractivity contribution is 5.81. The zero-order chi connectivity index (χ0) is 18.0. The van der Waals surface area contributed by atoms with E-state index in [1.165, 1.54) is 0 Å². The minimum absolute atomic E-state index is 0.162. The molecule has 0 radical (unpaired) electrons. The van der Waals surface area contributed by atoms with E-state index in [9.17, 15) is 4.79 Å². The summed E-state index contributed by atoms with van der Waals surface area (Å²) in [4.78, 5) is 21.5. The molecule has 142 valence electrons. The average Bonchev–Trinajstić information content (AvgIpc) is 3.33. The van der Waals surface area contributed by atoms with Gasteiger partial charge >= 0.3 is 0 Å². The lowest BCUT2D eigenvalue weighted by Crippen LogP contribution is -2.52. The van der Waals surface area contributed by atoms with E-state index in [0.717, 1.165) is 57.5 Å². The molecule has 0 bridgehead atoms. The monoisotopic (exact) mass is 359 g/mol. The van der Waals surface area contributed by atoms with Gasteiger partial charge in [0.25, 0.3) is 5.91 Å². The van der Waals surface area contributed by atoms with Crippen molar-refractivity contribution in [3.05, 3.63) is 30.1 Å². The summed E-state index contributed by atoms with van der Waals surface area (Å²) in [6.45, 7) is 3.80. The van der Waals surface area contributed by atoms with Gasteiger partial charge < -0.3 is 14.4 Å². The maximum atomic E-state index is 12.7. The molecule has 1 amide bonds. The molecule has 1 aromatic heterocycles. The molecule has 1 aromatic rings. The van der Waals surface area contributed by atoms with Gasteiger partial charge in [-0.05, 0) is 51.3 Å². The third-order valence-electron chi connectivity index (χ3n) is 6.01. The highest BCUT2D eigenvalue weighted by Crippen LogP contribution is 2.37. The molecule has 2 unspecified atom stereocenters. The molecule has 1 spiro atoms. The van der Waals surface area contributed by atoms with Crippen LogP contribution < -0.4 is 0 Å². The van der Waals surface area contributed by atoms with Crippen molar-refractivity contribution in [3.63, 3.8) is 0 Å². The fourth-order valence-corrected chi connectivity index (χ4v) is 4.53. The lowest BCUT2D eigenvalue weighted by Gasteiger charge is -2.40. The first-order chi connectivity index (χ1) is 12.7. The molecule has 3 saturated heterocycles. The molecular formula is C20H29N3O3. The fourth-order valence-electron chi connectivity index (χ4n) is 4.53. The fraction of sp³-hybridized carbons (Fsp3) is 0.700. The first-order valence-corrected chi connectivity index (χ1v) is 9.80. The zero-order valence-electron chi connectivity index (χ0n) is 15.6. The number of piperidine rings is 1. The van der Waals surface area contributed by atoms with E-state index in [4.69, 9.17) is 9.47 Å². The summed E-state index contributed by atoms with van der Waals surface area (Å²) in [5.41, 5.74) is 0.894. The minimum Gasteiger partial charge on any atom is -0.371 e. The summed E-state index contributed by atoms with van der Waals surface area (Å²) in [5.74, 6) is 0.162. The van der Waals surface area contributed by atoms with E-state index < -0.39 is 0 Å². The Bertz CT molecular complexity index is 620.